The smallest absolute Gasteiger partial charge is 0.262 e. The van der Waals surface area contributed by atoms with Crippen LogP contribution in [0.25, 0.3) is 5.69 Å². The molecule has 0 aliphatic rings. The molecule has 1 amide bonds. The number of aryl methyl sites for hydroxylation is 1. The van der Waals surface area contributed by atoms with Crippen LogP contribution in [0, 0.1) is 13.8 Å². The number of hydrogen-bond donors (Lipinski definition) is 1. The second-order valence-corrected chi connectivity index (χ2v) is 5.82. The number of aldehydes is 1. The minimum atomic E-state index is -0.275. The number of benzene rings is 2. The summed E-state index contributed by atoms with van der Waals surface area (Å²) in [6.45, 7) is 3.62. The molecule has 0 atom stereocenters. The van der Waals surface area contributed by atoms with Gasteiger partial charge >= 0.3 is 0 Å². The summed E-state index contributed by atoms with van der Waals surface area (Å²) >= 11 is 0. The fourth-order valence-electron chi connectivity index (χ4n) is 2.61. The van der Waals surface area contributed by atoms with E-state index in [2.05, 4.69) is 10.4 Å². The molecule has 132 valence electrons. The van der Waals surface area contributed by atoms with Crippen LogP contribution in [0.2, 0.25) is 0 Å². The van der Waals surface area contributed by atoms with E-state index in [4.69, 9.17) is 4.74 Å². The third-order valence-corrected chi connectivity index (χ3v) is 3.94. The minimum Gasteiger partial charge on any atom is -0.484 e. The summed E-state index contributed by atoms with van der Waals surface area (Å²) in [5.74, 6) is 0.252. The van der Waals surface area contributed by atoms with Crippen LogP contribution in [0.15, 0.2) is 54.6 Å². The van der Waals surface area contributed by atoms with Crippen LogP contribution in [0.4, 0.5) is 5.69 Å². The van der Waals surface area contributed by atoms with Crippen LogP contribution in [-0.2, 0) is 4.79 Å². The number of carbonyl (C=O) groups excluding carboxylic acids is 2. The number of anilines is 1. The standard InChI is InChI=1S/C20H19N3O3/c1-14-20(15(2)23(22-14)17-6-4-3-5-7-17)21-19(25)13-26-18-10-8-16(12-24)9-11-18/h3-12H,13H2,1-2H3,(H,21,25). The van der Waals surface area contributed by atoms with Crippen molar-refractivity contribution in [1.82, 2.24) is 9.78 Å². The van der Waals surface area contributed by atoms with Gasteiger partial charge in [0, 0.05) is 5.56 Å². The van der Waals surface area contributed by atoms with Gasteiger partial charge in [0.25, 0.3) is 5.91 Å². The lowest BCUT2D eigenvalue weighted by Crippen LogP contribution is -2.20. The fourth-order valence-corrected chi connectivity index (χ4v) is 2.61. The number of amides is 1. The van der Waals surface area contributed by atoms with Crippen molar-refractivity contribution in [2.24, 2.45) is 0 Å². The Bertz CT molecular complexity index is 915. The molecular formula is C20H19N3O3. The van der Waals surface area contributed by atoms with Gasteiger partial charge in [0.15, 0.2) is 6.61 Å². The maximum Gasteiger partial charge on any atom is 0.262 e. The molecule has 3 aromatic rings. The highest BCUT2D eigenvalue weighted by Crippen LogP contribution is 2.22. The Balaban J connectivity index is 1.67. The molecule has 6 nitrogen and oxygen atoms in total. The molecular weight excluding hydrogens is 330 g/mol. The molecule has 0 aliphatic heterocycles. The summed E-state index contributed by atoms with van der Waals surface area (Å²) in [5, 5.41) is 7.36. The number of para-hydroxylation sites is 1. The van der Waals surface area contributed by atoms with E-state index in [1.807, 2.05) is 44.2 Å². The number of nitrogens with zero attached hydrogens (tertiary/aromatic N) is 2. The normalized spacial score (nSPS) is 10.4. The monoisotopic (exact) mass is 349 g/mol. The molecule has 26 heavy (non-hydrogen) atoms. The van der Waals surface area contributed by atoms with Crippen molar-refractivity contribution in [3.05, 3.63) is 71.5 Å². The first-order valence-electron chi connectivity index (χ1n) is 8.18. The maximum atomic E-state index is 12.2. The van der Waals surface area contributed by atoms with Gasteiger partial charge in [-0.2, -0.15) is 5.10 Å². The van der Waals surface area contributed by atoms with Crippen molar-refractivity contribution in [2.75, 3.05) is 11.9 Å². The molecule has 0 aliphatic carbocycles. The second-order valence-electron chi connectivity index (χ2n) is 5.82. The molecule has 3 rings (SSSR count). The van der Waals surface area contributed by atoms with Gasteiger partial charge in [-0.1, -0.05) is 18.2 Å². The molecule has 0 saturated heterocycles. The van der Waals surface area contributed by atoms with Crippen molar-refractivity contribution in [1.29, 1.82) is 0 Å². The molecule has 0 spiro atoms. The molecule has 0 unspecified atom stereocenters. The van der Waals surface area contributed by atoms with Crippen LogP contribution in [0.5, 0.6) is 5.75 Å². The Kier molecular flexibility index (Phi) is 5.12. The Hall–Kier alpha value is -3.41. The van der Waals surface area contributed by atoms with Crippen molar-refractivity contribution in [2.45, 2.75) is 13.8 Å². The first-order valence-corrected chi connectivity index (χ1v) is 8.18. The van der Waals surface area contributed by atoms with Gasteiger partial charge in [-0.25, -0.2) is 4.68 Å². The lowest BCUT2D eigenvalue weighted by atomic mass is 10.2. The molecule has 0 fully saturated rings. The van der Waals surface area contributed by atoms with Crippen LogP contribution >= 0.6 is 0 Å². The van der Waals surface area contributed by atoms with Gasteiger partial charge in [-0.15, -0.1) is 0 Å². The van der Waals surface area contributed by atoms with Gasteiger partial charge in [0.2, 0.25) is 0 Å². The number of ether oxygens (including phenoxy) is 1. The van der Waals surface area contributed by atoms with E-state index < -0.39 is 0 Å². The third kappa shape index (κ3) is 3.80. The highest BCUT2D eigenvalue weighted by Gasteiger charge is 2.15. The predicted molar refractivity (Wildman–Crippen MR) is 99.0 cm³/mol. The lowest BCUT2D eigenvalue weighted by molar-refractivity contribution is -0.118. The van der Waals surface area contributed by atoms with Crippen LogP contribution in [-0.4, -0.2) is 28.6 Å². The summed E-state index contributed by atoms with van der Waals surface area (Å²) in [7, 11) is 0. The topological polar surface area (TPSA) is 73.2 Å². The predicted octanol–water partition coefficient (Wildman–Crippen LogP) is 3.32. The molecule has 1 heterocycles. The quantitative estimate of drug-likeness (QED) is 0.693. The highest BCUT2D eigenvalue weighted by atomic mass is 16.5. The zero-order chi connectivity index (χ0) is 18.5. The Labute approximate surface area is 151 Å². The SMILES string of the molecule is Cc1nn(-c2ccccc2)c(C)c1NC(=O)COc1ccc(C=O)cc1. The van der Waals surface area contributed by atoms with E-state index in [1.54, 1.807) is 28.9 Å². The maximum absolute atomic E-state index is 12.2. The third-order valence-electron chi connectivity index (χ3n) is 3.94. The first-order chi connectivity index (χ1) is 12.6. The van der Waals surface area contributed by atoms with E-state index in [1.165, 1.54) is 0 Å². The van der Waals surface area contributed by atoms with E-state index in [-0.39, 0.29) is 12.5 Å². The van der Waals surface area contributed by atoms with E-state index >= 15 is 0 Å². The molecule has 0 saturated carbocycles. The first kappa shape index (κ1) is 17.4. The summed E-state index contributed by atoms with van der Waals surface area (Å²) in [5.41, 5.74) is 3.74. The summed E-state index contributed by atoms with van der Waals surface area (Å²) in [4.78, 5) is 22.9. The number of aromatic nitrogens is 2. The van der Waals surface area contributed by atoms with Gasteiger partial charge in [0.1, 0.15) is 12.0 Å². The molecule has 6 heteroatoms. The van der Waals surface area contributed by atoms with E-state index in [9.17, 15) is 9.59 Å². The largest absolute Gasteiger partial charge is 0.484 e. The molecule has 1 N–H and O–H groups in total. The number of nitrogens with one attached hydrogen (secondary N) is 1. The second kappa shape index (κ2) is 7.65. The Morgan fingerprint density at radius 3 is 2.46 bits per heavy atom. The zero-order valence-corrected chi connectivity index (χ0v) is 14.6. The number of hydrogen-bond acceptors (Lipinski definition) is 4. The van der Waals surface area contributed by atoms with E-state index in [0.29, 0.717) is 17.0 Å². The average molecular weight is 349 g/mol. The van der Waals surface area contributed by atoms with Gasteiger partial charge < -0.3 is 10.1 Å². The van der Waals surface area contributed by atoms with Gasteiger partial charge in [-0.05, 0) is 50.2 Å². The molecule has 1 aromatic heterocycles. The molecule has 0 radical (unpaired) electrons. The minimum absolute atomic E-state index is 0.129. The molecule has 0 bridgehead atoms. The van der Waals surface area contributed by atoms with Crippen LogP contribution in [0.1, 0.15) is 21.7 Å². The summed E-state index contributed by atoms with van der Waals surface area (Å²) in [6.07, 6.45) is 0.756. The van der Waals surface area contributed by atoms with Crippen molar-refractivity contribution in [3.8, 4) is 11.4 Å². The number of rotatable bonds is 6. The average Bonchev–Trinajstić information content (AvgIpc) is 2.95. The number of carbonyl (C=O) groups is 2. The zero-order valence-electron chi connectivity index (χ0n) is 14.6. The lowest BCUT2D eigenvalue weighted by Gasteiger charge is -2.08. The molecule has 2 aromatic carbocycles. The van der Waals surface area contributed by atoms with E-state index in [0.717, 1.165) is 23.4 Å². The highest BCUT2D eigenvalue weighted by molar-refractivity contribution is 5.93. The Morgan fingerprint density at radius 2 is 1.81 bits per heavy atom. The fraction of sp³-hybridized carbons (Fsp3) is 0.150. The van der Waals surface area contributed by atoms with Crippen molar-refractivity contribution >= 4 is 17.9 Å². The van der Waals surface area contributed by atoms with Crippen molar-refractivity contribution in [3.63, 3.8) is 0 Å². The summed E-state index contributed by atoms with van der Waals surface area (Å²) < 4.78 is 7.25. The van der Waals surface area contributed by atoms with Crippen LogP contribution in [0.3, 0.4) is 0 Å². The Morgan fingerprint density at radius 1 is 1.12 bits per heavy atom. The van der Waals surface area contributed by atoms with Crippen molar-refractivity contribution < 1.29 is 14.3 Å². The van der Waals surface area contributed by atoms with Gasteiger partial charge in [-0.3, -0.25) is 9.59 Å². The summed E-state index contributed by atoms with van der Waals surface area (Å²) in [6, 6.07) is 16.3. The van der Waals surface area contributed by atoms with Gasteiger partial charge in [0.05, 0.1) is 22.8 Å². The van der Waals surface area contributed by atoms with Crippen LogP contribution < -0.4 is 10.1 Å².